The quantitative estimate of drug-likeness (QED) is 0.512. The van der Waals surface area contributed by atoms with Crippen molar-refractivity contribution in [3.8, 4) is 11.3 Å². The van der Waals surface area contributed by atoms with Crippen molar-refractivity contribution >= 4 is 28.1 Å². The number of H-pyrrole nitrogens is 1. The molecule has 0 fully saturated rings. The molecule has 0 aliphatic heterocycles. The number of nitrogens with zero attached hydrogens (tertiary/aromatic N) is 2. The van der Waals surface area contributed by atoms with Gasteiger partial charge in [0.2, 0.25) is 5.91 Å². The van der Waals surface area contributed by atoms with Crippen molar-refractivity contribution in [2.45, 2.75) is 19.3 Å². The predicted octanol–water partition coefficient (Wildman–Crippen LogP) is 3.98. The highest BCUT2D eigenvalue weighted by molar-refractivity contribution is 7.09. The first kappa shape index (κ1) is 17.4. The van der Waals surface area contributed by atoms with Gasteiger partial charge in [0.25, 0.3) is 0 Å². The smallest absolute Gasteiger partial charge is 0.220 e. The molecule has 0 saturated heterocycles. The van der Waals surface area contributed by atoms with E-state index in [0.717, 1.165) is 28.2 Å². The monoisotopic (exact) mass is 376 g/mol. The molecule has 1 aromatic carbocycles. The SMILES string of the molecule is O=C(CCc1nc(-c2cccnc2)cs1)NCCc1c[nH]c2ccccc12. The van der Waals surface area contributed by atoms with Crippen molar-refractivity contribution in [1.82, 2.24) is 20.3 Å². The van der Waals surface area contributed by atoms with Gasteiger partial charge in [-0.25, -0.2) is 4.98 Å². The van der Waals surface area contributed by atoms with Crippen LogP contribution in [0, 0.1) is 0 Å². The Morgan fingerprint density at radius 2 is 2.07 bits per heavy atom. The number of para-hydroxylation sites is 1. The molecule has 0 spiro atoms. The van der Waals surface area contributed by atoms with Gasteiger partial charge in [0.05, 0.1) is 10.7 Å². The Morgan fingerprint density at radius 1 is 1.15 bits per heavy atom. The Labute approximate surface area is 161 Å². The number of fused-ring (bicyclic) bond motifs is 1. The average Bonchev–Trinajstić information content (AvgIpc) is 3.35. The summed E-state index contributed by atoms with van der Waals surface area (Å²) in [6, 6.07) is 12.1. The summed E-state index contributed by atoms with van der Waals surface area (Å²) in [5.41, 5.74) is 4.28. The highest BCUT2D eigenvalue weighted by Crippen LogP contribution is 2.21. The van der Waals surface area contributed by atoms with Gasteiger partial charge in [0.15, 0.2) is 0 Å². The molecule has 136 valence electrons. The van der Waals surface area contributed by atoms with E-state index in [1.165, 1.54) is 10.9 Å². The van der Waals surface area contributed by atoms with Gasteiger partial charge in [-0.3, -0.25) is 9.78 Å². The Hall–Kier alpha value is -2.99. The fraction of sp³-hybridized carbons (Fsp3) is 0.190. The number of hydrogen-bond acceptors (Lipinski definition) is 4. The minimum atomic E-state index is 0.0629. The van der Waals surface area contributed by atoms with E-state index < -0.39 is 0 Å². The van der Waals surface area contributed by atoms with Gasteiger partial charge in [-0.05, 0) is 30.2 Å². The van der Waals surface area contributed by atoms with Crippen molar-refractivity contribution < 1.29 is 4.79 Å². The first-order valence-corrected chi connectivity index (χ1v) is 9.84. The molecule has 27 heavy (non-hydrogen) atoms. The molecule has 3 heterocycles. The van der Waals surface area contributed by atoms with Gasteiger partial charge in [-0.1, -0.05) is 18.2 Å². The number of nitrogens with one attached hydrogen (secondary N) is 2. The van der Waals surface area contributed by atoms with Crippen LogP contribution in [0.5, 0.6) is 0 Å². The van der Waals surface area contributed by atoms with Crippen LogP contribution in [0.1, 0.15) is 17.0 Å². The van der Waals surface area contributed by atoms with Crippen LogP contribution in [-0.4, -0.2) is 27.4 Å². The summed E-state index contributed by atoms with van der Waals surface area (Å²) in [7, 11) is 0. The molecule has 3 aromatic heterocycles. The number of rotatable bonds is 7. The molecule has 0 atom stereocenters. The van der Waals surface area contributed by atoms with E-state index in [-0.39, 0.29) is 5.91 Å². The molecular weight excluding hydrogens is 356 g/mol. The molecule has 6 heteroatoms. The lowest BCUT2D eigenvalue weighted by Crippen LogP contribution is -2.25. The number of aromatic amines is 1. The second-order valence-corrected chi connectivity index (χ2v) is 7.27. The topological polar surface area (TPSA) is 70.7 Å². The van der Waals surface area contributed by atoms with Crippen molar-refractivity contribution in [2.75, 3.05) is 6.54 Å². The fourth-order valence-electron chi connectivity index (χ4n) is 3.06. The van der Waals surface area contributed by atoms with E-state index in [2.05, 4.69) is 32.4 Å². The average molecular weight is 376 g/mol. The van der Waals surface area contributed by atoms with Gasteiger partial charge >= 0.3 is 0 Å². The van der Waals surface area contributed by atoms with Gasteiger partial charge in [0, 0.05) is 59.8 Å². The van der Waals surface area contributed by atoms with Gasteiger partial charge in [0.1, 0.15) is 0 Å². The molecule has 0 unspecified atom stereocenters. The summed E-state index contributed by atoms with van der Waals surface area (Å²) in [6.45, 7) is 0.638. The molecule has 4 aromatic rings. The lowest BCUT2D eigenvalue weighted by atomic mass is 10.1. The van der Waals surface area contributed by atoms with E-state index in [4.69, 9.17) is 0 Å². The molecule has 0 aliphatic rings. The molecular formula is C21H20N4OS. The normalized spacial score (nSPS) is 11.0. The summed E-state index contributed by atoms with van der Waals surface area (Å²) in [6.07, 6.45) is 7.50. The molecule has 0 radical (unpaired) electrons. The Bertz CT molecular complexity index is 1040. The third-order valence-corrected chi connectivity index (χ3v) is 5.38. The van der Waals surface area contributed by atoms with E-state index in [1.54, 1.807) is 23.7 Å². The molecule has 4 rings (SSSR count). The minimum Gasteiger partial charge on any atom is -0.361 e. The van der Waals surface area contributed by atoms with Crippen LogP contribution >= 0.6 is 11.3 Å². The van der Waals surface area contributed by atoms with Crippen LogP contribution < -0.4 is 5.32 Å². The number of aromatic nitrogens is 3. The van der Waals surface area contributed by atoms with Crippen LogP contribution in [0.2, 0.25) is 0 Å². The van der Waals surface area contributed by atoms with E-state index >= 15 is 0 Å². The Balaban J connectivity index is 1.25. The van der Waals surface area contributed by atoms with Gasteiger partial charge < -0.3 is 10.3 Å². The van der Waals surface area contributed by atoms with E-state index in [1.807, 2.05) is 35.8 Å². The third-order valence-electron chi connectivity index (χ3n) is 4.47. The summed E-state index contributed by atoms with van der Waals surface area (Å²) >= 11 is 1.59. The van der Waals surface area contributed by atoms with E-state index in [9.17, 15) is 4.79 Å². The maximum absolute atomic E-state index is 12.1. The largest absolute Gasteiger partial charge is 0.361 e. The molecule has 0 aliphatic carbocycles. The first-order chi connectivity index (χ1) is 13.3. The zero-order chi connectivity index (χ0) is 18.5. The number of pyridine rings is 1. The lowest BCUT2D eigenvalue weighted by molar-refractivity contribution is -0.121. The number of thiazole rings is 1. The van der Waals surface area contributed by atoms with Crippen LogP contribution in [0.3, 0.4) is 0 Å². The van der Waals surface area contributed by atoms with Crippen LogP contribution in [-0.2, 0) is 17.6 Å². The maximum Gasteiger partial charge on any atom is 0.220 e. The summed E-state index contributed by atoms with van der Waals surface area (Å²) in [4.78, 5) is 24.1. The van der Waals surface area contributed by atoms with E-state index in [0.29, 0.717) is 19.4 Å². The number of aryl methyl sites for hydroxylation is 1. The summed E-state index contributed by atoms with van der Waals surface area (Å²) in [5.74, 6) is 0.0629. The van der Waals surface area contributed by atoms with Crippen LogP contribution in [0.25, 0.3) is 22.2 Å². The summed E-state index contributed by atoms with van der Waals surface area (Å²) in [5, 5.41) is 7.22. The number of hydrogen-bond donors (Lipinski definition) is 2. The third kappa shape index (κ3) is 4.23. The molecule has 2 N–H and O–H groups in total. The fourth-order valence-corrected chi connectivity index (χ4v) is 3.86. The molecule has 5 nitrogen and oxygen atoms in total. The second kappa shape index (κ2) is 8.14. The highest BCUT2D eigenvalue weighted by atomic mass is 32.1. The number of carbonyl (C=O) groups is 1. The highest BCUT2D eigenvalue weighted by Gasteiger charge is 2.08. The predicted molar refractivity (Wildman–Crippen MR) is 109 cm³/mol. The van der Waals surface area contributed by atoms with Crippen molar-refractivity contribution in [1.29, 1.82) is 0 Å². The zero-order valence-corrected chi connectivity index (χ0v) is 15.6. The molecule has 0 bridgehead atoms. The van der Waals surface area contributed by atoms with Crippen molar-refractivity contribution in [3.05, 3.63) is 70.9 Å². The molecule has 0 saturated carbocycles. The van der Waals surface area contributed by atoms with Crippen LogP contribution in [0.15, 0.2) is 60.4 Å². The number of amides is 1. The standard InChI is InChI=1S/C21H20N4OS/c26-20(23-11-9-15-13-24-18-6-2-1-5-17(15)18)7-8-21-25-19(14-27-21)16-4-3-10-22-12-16/h1-6,10,12-14,24H,7-9,11H2,(H,23,26). The number of carbonyl (C=O) groups excluding carboxylic acids is 1. The van der Waals surface area contributed by atoms with Crippen LogP contribution in [0.4, 0.5) is 0 Å². The summed E-state index contributed by atoms with van der Waals surface area (Å²) < 4.78 is 0. The Morgan fingerprint density at radius 3 is 2.96 bits per heavy atom. The Kier molecular flexibility index (Phi) is 5.25. The minimum absolute atomic E-state index is 0.0629. The van der Waals surface area contributed by atoms with Gasteiger partial charge in [-0.2, -0.15) is 0 Å². The van der Waals surface area contributed by atoms with Gasteiger partial charge in [-0.15, -0.1) is 11.3 Å². The number of benzene rings is 1. The van der Waals surface area contributed by atoms with Crippen molar-refractivity contribution in [3.63, 3.8) is 0 Å². The van der Waals surface area contributed by atoms with Crippen molar-refractivity contribution in [2.24, 2.45) is 0 Å². The lowest BCUT2D eigenvalue weighted by Gasteiger charge is -2.04. The second-order valence-electron chi connectivity index (χ2n) is 6.33. The molecule has 1 amide bonds. The first-order valence-electron chi connectivity index (χ1n) is 8.96. The zero-order valence-electron chi connectivity index (χ0n) is 14.8. The maximum atomic E-state index is 12.1.